The van der Waals surface area contributed by atoms with E-state index in [1.165, 1.54) is 18.4 Å². The number of H-pyrrole nitrogens is 1. The van der Waals surface area contributed by atoms with Crippen LogP contribution in [-0.4, -0.2) is 34.2 Å². The maximum Gasteiger partial charge on any atom is 0.339 e. The summed E-state index contributed by atoms with van der Waals surface area (Å²) in [6.07, 6.45) is 1.39. The van der Waals surface area contributed by atoms with Crippen LogP contribution >= 0.6 is 22.7 Å². The molecule has 7 nitrogen and oxygen atoms in total. The molecule has 3 aromatic rings. The molecule has 2 N–H and O–H groups in total. The summed E-state index contributed by atoms with van der Waals surface area (Å²) in [7, 11) is 1.33. The lowest BCUT2D eigenvalue weighted by molar-refractivity contribution is 0.0599. The van der Waals surface area contributed by atoms with Crippen LogP contribution in [0.25, 0.3) is 10.6 Å². The van der Waals surface area contributed by atoms with Gasteiger partial charge in [0, 0.05) is 16.6 Å². The highest BCUT2D eigenvalue weighted by atomic mass is 32.1. The Morgan fingerprint density at radius 2 is 2.15 bits per heavy atom. The van der Waals surface area contributed by atoms with Gasteiger partial charge in [-0.05, 0) is 30.4 Å². The molecule has 0 aromatic carbocycles. The van der Waals surface area contributed by atoms with Gasteiger partial charge in [-0.1, -0.05) is 24.7 Å². The zero-order valence-electron chi connectivity index (χ0n) is 14.6. The summed E-state index contributed by atoms with van der Waals surface area (Å²) < 4.78 is 4.85. The molecule has 3 rings (SSSR count). The highest BCUT2D eigenvalue weighted by Crippen LogP contribution is 2.29. The van der Waals surface area contributed by atoms with Gasteiger partial charge >= 0.3 is 5.97 Å². The lowest BCUT2D eigenvalue weighted by atomic mass is 10.0. The molecule has 0 fully saturated rings. The van der Waals surface area contributed by atoms with E-state index in [-0.39, 0.29) is 5.91 Å². The van der Waals surface area contributed by atoms with Crippen LogP contribution < -0.4 is 5.32 Å². The summed E-state index contributed by atoms with van der Waals surface area (Å²) in [6.45, 7) is 3.74. The lowest BCUT2D eigenvalue weighted by Gasteiger charge is -2.05. The molecule has 0 saturated heterocycles. The minimum Gasteiger partial charge on any atom is -0.465 e. The average molecular weight is 390 g/mol. The van der Waals surface area contributed by atoms with Crippen LogP contribution in [0.2, 0.25) is 0 Å². The Morgan fingerprint density at radius 3 is 2.81 bits per heavy atom. The number of rotatable bonds is 6. The van der Waals surface area contributed by atoms with E-state index in [2.05, 4.69) is 20.5 Å². The van der Waals surface area contributed by atoms with Crippen LogP contribution in [0.1, 0.15) is 45.4 Å². The van der Waals surface area contributed by atoms with Crippen molar-refractivity contribution in [1.29, 1.82) is 0 Å². The first-order valence-corrected chi connectivity index (χ1v) is 9.78. The van der Waals surface area contributed by atoms with E-state index < -0.39 is 5.97 Å². The number of hydrogen-bond donors (Lipinski definition) is 2. The van der Waals surface area contributed by atoms with Crippen molar-refractivity contribution in [3.05, 3.63) is 39.3 Å². The molecule has 0 spiro atoms. The molecule has 0 atom stereocenters. The van der Waals surface area contributed by atoms with Crippen LogP contribution in [0.5, 0.6) is 0 Å². The van der Waals surface area contributed by atoms with E-state index in [0.29, 0.717) is 34.1 Å². The molecule has 3 aromatic heterocycles. The molecule has 26 heavy (non-hydrogen) atoms. The van der Waals surface area contributed by atoms with Crippen molar-refractivity contribution in [1.82, 2.24) is 15.2 Å². The molecule has 136 valence electrons. The Morgan fingerprint density at radius 1 is 1.35 bits per heavy atom. The largest absolute Gasteiger partial charge is 0.465 e. The molecule has 0 saturated carbocycles. The van der Waals surface area contributed by atoms with Crippen molar-refractivity contribution in [2.45, 2.75) is 26.7 Å². The first-order valence-electron chi connectivity index (χ1n) is 8.02. The van der Waals surface area contributed by atoms with Gasteiger partial charge in [-0.15, -0.1) is 10.2 Å². The van der Waals surface area contributed by atoms with Crippen LogP contribution in [0, 0.1) is 6.92 Å². The second-order valence-corrected chi connectivity index (χ2v) is 7.36. The van der Waals surface area contributed by atoms with Gasteiger partial charge in [0.1, 0.15) is 10.7 Å². The molecule has 1 amide bonds. The van der Waals surface area contributed by atoms with E-state index in [1.54, 1.807) is 18.3 Å². The predicted octanol–water partition coefficient (Wildman–Crippen LogP) is 3.89. The molecule has 0 aliphatic rings. The number of hydrogen-bond acceptors (Lipinski definition) is 7. The molecular formula is C17H18N4O3S2. The van der Waals surface area contributed by atoms with E-state index in [9.17, 15) is 9.59 Å². The fourth-order valence-electron chi connectivity index (χ4n) is 2.69. The minimum absolute atomic E-state index is 0.347. The third-order valence-electron chi connectivity index (χ3n) is 3.82. The Kier molecular flexibility index (Phi) is 5.48. The van der Waals surface area contributed by atoms with Gasteiger partial charge in [0.05, 0.1) is 12.7 Å². The normalized spacial score (nSPS) is 10.7. The summed E-state index contributed by atoms with van der Waals surface area (Å²) in [5, 5.41) is 16.0. The van der Waals surface area contributed by atoms with Gasteiger partial charge in [-0.25, -0.2) is 4.79 Å². The average Bonchev–Trinajstić information content (AvgIpc) is 3.34. The number of nitrogens with zero attached hydrogens (tertiary/aromatic N) is 2. The number of ether oxygens (including phenoxy) is 1. The van der Waals surface area contributed by atoms with Gasteiger partial charge in [-0.3, -0.25) is 10.1 Å². The number of methoxy groups -OCH3 is 1. The molecule has 0 aliphatic carbocycles. The summed E-state index contributed by atoms with van der Waals surface area (Å²) in [5.41, 5.74) is 3.04. The Labute approximate surface area is 158 Å². The zero-order valence-corrected chi connectivity index (χ0v) is 16.2. The van der Waals surface area contributed by atoms with Crippen molar-refractivity contribution >= 4 is 39.7 Å². The maximum absolute atomic E-state index is 12.7. The van der Waals surface area contributed by atoms with Gasteiger partial charge in [-0.2, -0.15) is 11.3 Å². The van der Waals surface area contributed by atoms with Crippen LogP contribution in [0.15, 0.2) is 16.8 Å². The monoisotopic (exact) mass is 390 g/mol. The third-order valence-corrected chi connectivity index (χ3v) is 5.39. The number of carbonyl (C=O) groups excluding carboxylic acids is 2. The third kappa shape index (κ3) is 3.54. The summed E-state index contributed by atoms with van der Waals surface area (Å²) in [4.78, 5) is 27.8. The fraction of sp³-hybridized carbons (Fsp3) is 0.294. The molecule has 0 aliphatic heterocycles. The summed E-state index contributed by atoms with van der Waals surface area (Å²) in [5.74, 6) is -0.795. The fourth-order valence-corrected chi connectivity index (χ4v) is 4.14. The summed E-state index contributed by atoms with van der Waals surface area (Å²) in [6, 6.07) is 1.95. The summed E-state index contributed by atoms with van der Waals surface area (Å²) >= 11 is 2.88. The van der Waals surface area contributed by atoms with Crippen LogP contribution in [0.4, 0.5) is 5.13 Å². The molecule has 0 bridgehead atoms. The zero-order chi connectivity index (χ0) is 18.7. The number of aromatic nitrogens is 3. The van der Waals surface area contributed by atoms with E-state index in [4.69, 9.17) is 4.74 Å². The Hall–Kier alpha value is -2.52. The van der Waals surface area contributed by atoms with Crippen molar-refractivity contribution in [2.75, 3.05) is 12.4 Å². The molecular weight excluding hydrogens is 372 g/mol. The molecule has 0 unspecified atom stereocenters. The van der Waals surface area contributed by atoms with Gasteiger partial charge in [0.25, 0.3) is 5.91 Å². The number of aromatic amines is 1. The number of amides is 1. The quantitative estimate of drug-likeness (QED) is 0.622. The second-order valence-electron chi connectivity index (χ2n) is 5.60. The highest BCUT2D eigenvalue weighted by molar-refractivity contribution is 7.19. The Bertz CT molecular complexity index is 928. The first-order chi connectivity index (χ1) is 12.5. The molecule has 9 heteroatoms. The Balaban J connectivity index is 1.87. The van der Waals surface area contributed by atoms with Crippen molar-refractivity contribution in [3.63, 3.8) is 0 Å². The smallest absolute Gasteiger partial charge is 0.339 e. The minimum atomic E-state index is -0.447. The van der Waals surface area contributed by atoms with Gasteiger partial charge in [0.2, 0.25) is 5.13 Å². The van der Waals surface area contributed by atoms with Gasteiger partial charge in [0.15, 0.2) is 0 Å². The first kappa shape index (κ1) is 18.3. The maximum atomic E-state index is 12.7. The van der Waals surface area contributed by atoms with Crippen LogP contribution in [-0.2, 0) is 11.2 Å². The van der Waals surface area contributed by atoms with E-state index in [0.717, 1.165) is 17.0 Å². The van der Waals surface area contributed by atoms with E-state index in [1.807, 2.05) is 23.8 Å². The number of aryl methyl sites for hydroxylation is 1. The lowest BCUT2D eigenvalue weighted by Crippen LogP contribution is -2.15. The van der Waals surface area contributed by atoms with E-state index >= 15 is 0 Å². The predicted molar refractivity (Wildman–Crippen MR) is 102 cm³/mol. The SMILES string of the molecule is CCCc1c(C(=O)Nc2nnc(-c3ccsc3)s2)[nH]c(C)c1C(=O)OC. The second kappa shape index (κ2) is 7.79. The van der Waals surface area contributed by atoms with Crippen molar-refractivity contribution in [2.24, 2.45) is 0 Å². The number of esters is 1. The topological polar surface area (TPSA) is 97.0 Å². The molecule has 0 radical (unpaired) electrons. The van der Waals surface area contributed by atoms with Gasteiger partial charge < -0.3 is 9.72 Å². The number of nitrogens with one attached hydrogen (secondary N) is 2. The number of anilines is 1. The molecule has 3 heterocycles. The standard InChI is InChI=1S/C17H18N4O3S2/c1-4-5-11-12(16(23)24-3)9(2)18-13(11)14(22)19-17-21-20-15(26-17)10-6-7-25-8-10/h6-8,18H,4-5H2,1-3H3,(H,19,21,22). The number of carbonyl (C=O) groups is 2. The number of thiophene rings is 1. The van der Waals surface area contributed by atoms with Crippen LogP contribution in [0.3, 0.4) is 0 Å². The highest BCUT2D eigenvalue weighted by Gasteiger charge is 2.25. The van der Waals surface area contributed by atoms with Crippen molar-refractivity contribution in [3.8, 4) is 10.6 Å². The van der Waals surface area contributed by atoms with Crippen molar-refractivity contribution < 1.29 is 14.3 Å².